The number of benzene rings is 2. The Hall–Kier alpha value is -2.75. The lowest BCUT2D eigenvalue weighted by atomic mass is 10.1. The molecule has 1 heterocycles. The van der Waals surface area contributed by atoms with Crippen LogP contribution in [-0.2, 0) is 6.18 Å². The lowest BCUT2D eigenvalue weighted by Crippen LogP contribution is -2.06. The smallest absolute Gasteiger partial charge is 0.329 e. The van der Waals surface area contributed by atoms with Gasteiger partial charge in [0.25, 0.3) is 0 Å². The number of halogens is 5. The van der Waals surface area contributed by atoms with E-state index in [4.69, 9.17) is 0 Å². The third-order valence-electron chi connectivity index (χ3n) is 3.38. The highest BCUT2D eigenvalue weighted by molar-refractivity contribution is 8.00. The molecule has 27 heavy (non-hydrogen) atoms. The largest absolute Gasteiger partial charge is 0.471 e. The van der Waals surface area contributed by atoms with Gasteiger partial charge >= 0.3 is 12.1 Å². The zero-order valence-electron chi connectivity index (χ0n) is 13.3. The van der Waals surface area contributed by atoms with Crippen LogP contribution in [0.1, 0.15) is 16.2 Å². The fraction of sp³-hybridized carbons (Fsp3) is 0.118. The molecule has 0 fully saturated rings. The Balaban J connectivity index is 1.73. The fourth-order valence-corrected chi connectivity index (χ4v) is 2.88. The van der Waals surface area contributed by atoms with Gasteiger partial charge in [0, 0.05) is 10.5 Å². The first-order valence-corrected chi connectivity index (χ1v) is 8.35. The van der Waals surface area contributed by atoms with E-state index in [0.717, 1.165) is 23.9 Å². The number of carbonyl (C=O) groups excluding carboxylic acids is 1. The number of alkyl halides is 3. The minimum absolute atomic E-state index is 0.0607. The molecule has 0 bridgehead atoms. The van der Waals surface area contributed by atoms with Gasteiger partial charge in [-0.25, -0.2) is 8.78 Å². The van der Waals surface area contributed by atoms with Crippen LogP contribution in [0.2, 0.25) is 0 Å². The zero-order valence-corrected chi connectivity index (χ0v) is 14.1. The van der Waals surface area contributed by atoms with E-state index in [0.29, 0.717) is 4.90 Å². The molecular weight excluding hydrogens is 391 g/mol. The third kappa shape index (κ3) is 4.51. The molecule has 0 spiro atoms. The van der Waals surface area contributed by atoms with Gasteiger partial charge in [-0.1, -0.05) is 11.2 Å². The molecule has 0 aliphatic heterocycles. The Kier molecular flexibility index (Phi) is 5.26. The molecule has 0 atom stereocenters. The fourth-order valence-electron chi connectivity index (χ4n) is 2.09. The first-order chi connectivity index (χ1) is 12.7. The Bertz CT molecular complexity index is 970. The Morgan fingerprint density at radius 1 is 1.07 bits per heavy atom. The van der Waals surface area contributed by atoms with Crippen molar-refractivity contribution in [3.05, 3.63) is 65.6 Å². The summed E-state index contributed by atoms with van der Waals surface area (Å²) in [7, 11) is 0. The molecule has 0 saturated carbocycles. The topological polar surface area (TPSA) is 56.0 Å². The summed E-state index contributed by atoms with van der Waals surface area (Å²) in [6.45, 7) is 0. The van der Waals surface area contributed by atoms with E-state index in [1.807, 2.05) is 0 Å². The van der Waals surface area contributed by atoms with Crippen LogP contribution in [0.15, 0.2) is 51.9 Å². The molecular formula is C17H9F5N2O2S. The first-order valence-electron chi connectivity index (χ1n) is 7.36. The average molecular weight is 400 g/mol. The first kappa shape index (κ1) is 19.0. The van der Waals surface area contributed by atoms with Crippen molar-refractivity contribution in [2.75, 3.05) is 5.75 Å². The second-order valence-electron chi connectivity index (χ2n) is 5.28. The summed E-state index contributed by atoms with van der Waals surface area (Å²) in [6, 6.07) is 8.68. The normalized spacial score (nSPS) is 11.6. The summed E-state index contributed by atoms with van der Waals surface area (Å²) < 4.78 is 68.6. The number of aromatic nitrogens is 2. The number of carbonyl (C=O) groups is 1. The average Bonchev–Trinajstić information content (AvgIpc) is 3.11. The van der Waals surface area contributed by atoms with Crippen molar-refractivity contribution in [2.24, 2.45) is 0 Å². The molecule has 10 heteroatoms. The summed E-state index contributed by atoms with van der Waals surface area (Å²) >= 11 is 1.10. The van der Waals surface area contributed by atoms with Crippen molar-refractivity contribution in [1.29, 1.82) is 0 Å². The van der Waals surface area contributed by atoms with Gasteiger partial charge in [0.2, 0.25) is 5.82 Å². The van der Waals surface area contributed by atoms with Gasteiger partial charge in [-0.05, 0) is 36.4 Å². The minimum atomic E-state index is -4.81. The number of nitrogens with zero attached hydrogens (tertiary/aromatic N) is 2. The van der Waals surface area contributed by atoms with Crippen LogP contribution in [0, 0.1) is 11.6 Å². The van der Waals surface area contributed by atoms with Crippen molar-refractivity contribution in [1.82, 2.24) is 10.1 Å². The van der Waals surface area contributed by atoms with Crippen LogP contribution in [0.5, 0.6) is 0 Å². The molecule has 0 aliphatic rings. The summed E-state index contributed by atoms with van der Waals surface area (Å²) in [6.07, 6.45) is -4.81. The van der Waals surface area contributed by atoms with Crippen molar-refractivity contribution in [3.63, 3.8) is 0 Å². The number of hydrogen-bond donors (Lipinski definition) is 0. The molecule has 0 radical (unpaired) electrons. The maximum Gasteiger partial charge on any atom is 0.471 e. The molecule has 0 N–H and O–H groups in total. The van der Waals surface area contributed by atoms with Crippen molar-refractivity contribution in [3.8, 4) is 11.4 Å². The molecule has 0 unspecified atom stereocenters. The quantitative estimate of drug-likeness (QED) is 0.342. The monoisotopic (exact) mass is 400 g/mol. The SMILES string of the molecule is O=C(CSc1ccc(F)cc1)c1ccc(-c2noc(C(F)(F)F)n2)cc1F. The summed E-state index contributed by atoms with van der Waals surface area (Å²) in [5.41, 5.74) is -0.289. The minimum Gasteiger partial charge on any atom is -0.329 e. The number of rotatable bonds is 5. The summed E-state index contributed by atoms with van der Waals surface area (Å²) in [5.74, 6) is -3.95. The maximum absolute atomic E-state index is 14.2. The number of thioether (sulfide) groups is 1. The summed E-state index contributed by atoms with van der Waals surface area (Å²) in [4.78, 5) is 15.9. The summed E-state index contributed by atoms with van der Waals surface area (Å²) in [5, 5.41) is 3.16. The number of hydrogen-bond acceptors (Lipinski definition) is 5. The molecule has 140 valence electrons. The molecule has 0 saturated heterocycles. The Morgan fingerprint density at radius 3 is 2.37 bits per heavy atom. The second kappa shape index (κ2) is 7.47. The van der Waals surface area contributed by atoms with Crippen LogP contribution in [0.3, 0.4) is 0 Å². The van der Waals surface area contributed by atoms with Gasteiger partial charge in [-0.15, -0.1) is 11.8 Å². The standard InChI is InChI=1S/C17H9F5N2O2S/c18-10-2-4-11(5-3-10)27-8-14(25)12-6-1-9(7-13(12)19)15-23-16(26-24-15)17(20,21)22/h1-7H,8H2. The number of Topliss-reactive ketones (excluding diaryl/α,β-unsaturated/α-hetero) is 1. The van der Waals surface area contributed by atoms with Crippen molar-refractivity contribution < 1.29 is 31.3 Å². The Morgan fingerprint density at radius 2 is 1.78 bits per heavy atom. The Labute approximate surface area is 153 Å². The maximum atomic E-state index is 14.2. The highest BCUT2D eigenvalue weighted by atomic mass is 32.2. The highest BCUT2D eigenvalue weighted by Crippen LogP contribution is 2.30. The third-order valence-corrected chi connectivity index (χ3v) is 4.39. The van der Waals surface area contributed by atoms with Gasteiger partial charge in [0.1, 0.15) is 11.6 Å². The van der Waals surface area contributed by atoms with E-state index < -0.39 is 35.3 Å². The molecule has 3 aromatic rings. The molecule has 0 amide bonds. The number of ketones is 1. The van der Waals surface area contributed by atoms with E-state index in [-0.39, 0.29) is 16.9 Å². The van der Waals surface area contributed by atoms with Crippen molar-refractivity contribution in [2.45, 2.75) is 11.1 Å². The van der Waals surface area contributed by atoms with E-state index >= 15 is 0 Å². The van der Waals surface area contributed by atoms with Crippen LogP contribution >= 0.6 is 11.8 Å². The van der Waals surface area contributed by atoms with Gasteiger partial charge in [-0.2, -0.15) is 18.2 Å². The molecule has 3 rings (SSSR count). The van der Waals surface area contributed by atoms with Crippen LogP contribution < -0.4 is 0 Å². The molecule has 4 nitrogen and oxygen atoms in total. The van der Waals surface area contributed by atoms with Gasteiger partial charge in [-0.3, -0.25) is 4.79 Å². The van der Waals surface area contributed by atoms with E-state index in [1.54, 1.807) is 0 Å². The molecule has 0 aliphatic carbocycles. The van der Waals surface area contributed by atoms with Gasteiger partial charge in [0.05, 0.1) is 11.3 Å². The predicted molar refractivity (Wildman–Crippen MR) is 86.1 cm³/mol. The van der Waals surface area contributed by atoms with E-state index in [1.165, 1.54) is 30.3 Å². The van der Waals surface area contributed by atoms with Crippen LogP contribution in [0.25, 0.3) is 11.4 Å². The van der Waals surface area contributed by atoms with Crippen LogP contribution in [0.4, 0.5) is 22.0 Å². The van der Waals surface area contributed by atoms with Crippen molar-refractivity contribution >= 4 is 17.5 Å². The van der Waals surface area contributed by atoms with Gasteiger partial charge in [0.15, 0.2) is 5.78 Å². The zero-order chi connectivity index (χ0) is 19.6. The van der Waals surface area contributed by atoms with E-state index in [2.05, 4.69) is 14.7 Å². The van der Waals surface area contributed by atoms with E-state index in [9.17, 15) is 26.7 Å². The second-order valence-corrected chi connectivity index (χ2v) is 6.33. The molecule has 1 aromatic heterocycles. The lowest BCUT2D eigenvalue weighted by Gasteiger charge is -2.04. The van der Waals surface area contributed by atoms with Crippen LogP contribution in [-0.4, -0.2) is 21.7 Å². The lowest BCUT2D eigenvalue weighted by molar-refractivity contribution is -0.159. The predicted octanol–water partition coefficient (Wildman–Crippen LogP) is 5.01. The van der Waals surface area contributed by atoms with Gasteiger partial charge < -0.3 is 4.52 Å². The molecule has 2 aromatic carbocycles. The highest BCUT2D eigenvalue weighted by Gasteiger charge is 2.38.